The van der Waals surface area contributed by atoms with Crippen molar-refractivity contribution < 1.29 is 0 Å². The van der Waals surface area contributed by atoms with Gasteiger partial charge in [0.1, 0.15) is 0 Å². The highest BCUT2D eigenvalue weighted by molar-refractivity contribution is 4.98. The zero-order chi connectivity index (χ0) is 13.0. The molecule has 1 atom stereocenters. The van der Waals surface area contributed by atoms with Crippen LogP contribution in [0.2, 0.25) is 0 Å². The van der Waals surface area contributed by atoms with Crippen molar-refractivity contribution in [2.45, 2.75) is 56.9 Å². The fourth-order valence-corrected chi connectivity index (χ4v) is 4.23. The molecule has 1 spiro atoms. The highest BCUT2D eigenvalue weighted by atomic mass is 15.2. The van der Waals surface area contributed by atoms with Crippen molar-refractivity contribution >= 4 is 0 Å². The van der Waals surface area contributed by atoms with Crippen molar-refractivity contribution in [1.82, 2.24) is 15.1 Å². The van der Waals surface area contributed by atoms with Crippen molar-refractivity contribution in [3.05, 3.63) is 0 Å². The molecule has 0 aromatic heterocycles. The third-order valence-corrected chi connectivity index (χ3v) is 5.41. The predicted molar refractivity (Wildman–Crippen MR) is 80.5 cm³/mol. The van der Waals surface area contributed by atoms with E-state index < -0.39 is 0 Å². The predicted octanol–water partition coefficient (Wildman–Crippen LogP) is 2.08. The van der Waals surface area contributed by atoms with Crippen molar-refractivity contribution in [2.75, 3.05) is 45.8 Å². The Morgan fingerprint density at radius 2 is 1.63 bits per heavy atom. The third kappa shape index (κ3) is 3.71. The smallest absolute Gasteiger partial charge is 0.0320 e. The van der Waals surface area contributed by atoms with Crippen LogP contribution in [0.1, 0.15) is 51.4 Å². The van der Waals surface area contributed by atoms with E-state index in [-0.39, 0.29) is 0 Å². The lowest BCUT2D eigenvalue weighted by Crippen LogP contribution is -2.50. The number of rotatable bonds is 4. The summed E-state index contributed by atoms with van der Waals surface area (Å²) in [6.07, 6.45) is 11.3. The molecule has 1 N–H and O–H groups in total. The summed E-state index contributed by atoms with van der Waals surface area (Å²) in [7, 11) is 0. The van der Waals surface area contributed by atoms with E-state index >= 15 is 0 Å². The van der Waals surface area contributed by atoms with Crippen LogP contribution < -0.4 is 5.32 Å². The minimum absolute atomic E-state index is 0.503. The number of piperidine rings is 2. The monoisotopic (exact) mass is 265 g/mol. The molecule has 3 aliphatic rings. The first-order chi connectivity index (χ1) is 9.36. The van der Waals surface area contributed by atoms with Gasteiger partial charge >= 0.3 is 0 Å². The lowest BCUT2D eigenvalue weighted by molar-refractivity contribution is 0.202. The lowest BCUT2D eigenvalue weighted by atomic mass is 9.88. The van der Waals surface area contributed by atoms with Crippen LogP contribution in [-0.4, -0.2) is 61.2 Å². The first-order valence-electron chi connectivity index (χ1n) is 8.56. The number of hydrogen-bond donors (Lipinski definition) is 1. The van der Waals surface area contributed by atoms with Crippen LogP contribution in [0, 0.1) is 0 Å². The summed E-state index contributed by atoms with van der Waals surface area (Å²) < 4.78 is 0. The van der Waals surface area contributed by atoms with Gasteiger partial charge < -0.3 is 15.1 Å². The molecule has 3 heterocycles. The van der Waals surface area contributed by atoms with E-state index in [1.54, 1.807) is 0 Å². The molecule has 3 aliphatic heterocycles. The first-order valence-corrected chi connectivity index (χ1v) is 8.56. The fraction of sp³-hybridized carbons (Fsp3) is 1.00. The van der Waals surface area contributed by atoms with Crippen LogP contribution in [-0.2, 0) is 0 Å². The Hall–Kier alpha value is -0.120. The minimum atomic E-state index is 0.503. The molecule has 0 radical (unpaired) electrons. The minimum Gasteiger partial charge on any atom is -0.310 e. The second kappa shape index (κ2) is 6.55. The largest absolute Gasteiger partial charge is 0.310 e. The van der Waals surface area contributed by atoms with Gasteiger partial charge in [0.15, 0.2) is 0 Å². The summed E-state index contributed by atoms with van der Waals surface area (Å²) in [4.78, 5) is 5.39. The first kappa shape index (κ1) is 13.8. The molecule has 110 valence electrons. The Bertz CT molecular complexity index is 267. The Labute approximate surface area is 118 Å². The molecule has 0 saturated carbocycles. The molecule has 0 amide bonds. The molecule has 3 heteroatoms. The average molecular weight is 265 g/mol. The zero-order valence-electron chi connectivity index (χ0n) is 12.5. The number of nitrogens with zero attached hydrogens (tertiary/aromatic N) is 2. The SMILES string of the molecule is C1CCN(CCCN2CCC3(CCCCN3)C2)CC1. The van der Waals surface area contributed by atoms with E-state index in [1.807, 2.05) is 0 Å². The summed E-state index contributed by atoms with van der Waals surface area (Å²) in [5.74, 6) is 0. The van der Waals surface area contributed by atoms with Gasteiger partial charge in [-0.15, -0.1) is 0 Å². The average Bonchev–Trinajstić information content (AvgIpc) is 2.84. The molecule has 0 aromatic rings. The molecule has 3 fully saturated rings. The van der Waals surface area contributed by atoms with E-state index in [4.69, 9.17) is 0 Å². The summed E-state index contributed by atoms with van der Waals surface area (Å²) in [6, 6.07) is 0. The molecule has 0 bridgehead atoms. The van der Waals surface area contributed by atoms with Crippen LogP contribution in [0.3, 0.4) is 0 Å². The Balaban J connectivity index is 1.35. The molecular weight excluding hydrogens is 234 g/mol. The van der Waals surface area contributed by atoms with Crippen molar-refractivity contribution in [3.63, 3.8) is 0 Å². The molecule has 19 heavy (non-hydrogen) atoms. The van der Waals surface area contributed by atoms with Crippen LogP contribution in [0.15, 0.2) is 0 Å². The van der Waals surface area contributed by atoms with Crippen molar-refractivity contribution in [1.29, 1.82) is 0 Å². The van der Waals surface area contributed by atoms with Gasteiger partial charge in [-0.25, -0.2) is 0 Å². The van der Waals surface area contributed by atoms with E-state index in [0.717, 1.165) is 0 Å². The molecule has 3 rings (SSSR count). The van der Waals surface area contributed by atoms with Gasteiger partial charge in [-0.2, -0.15) is 0 Å². The van der Waals surface area contributed by atoms with E-state index in [9.17, 15) is 0 Å². The molecule has 0 aromatic carbocycles. The standard InChI is InChI=1S/C16H31N3/c1-4-10-18(11-5-1)12-6-13-19-14-8-16(15-19)7-2-3-9-17-16/h17H,1-15H2. The van der Waals surface area contributed by atoms with Gasteiger partial charge in [0.05, 0.1) is 0 Å². The summed E-state index contributed by atoms with van der Waals surface area (Å²) >= 11 is 0. The van der Waals surface area contributed by atoms with Gasteiger partial charge in [0.25, 0.3) is 0 Å². The normalized spacial score (nSPS) is 34.1. The number of nitrogens with one attached hydrogen (secondary N) is 1. The van der Waals surface area contributed by atoms with Gasteiger partial charge in [0.2, 0.25) is 0 Å². The second-order valence-corrected chi connectivity index (χ2v) is 6.95. The summed E-state index contributed by atoms with van der Waals surface area (Å²) in [6.45, 7) is 9.25. The third-order valence-electron chi connectivity index (χ3n) is 5.41. The van der Waals surface area contributed by atoms with Crippen LogP contribution in [0.5, 0.6) is 0 Å². The topological polar surface area (TPSA) is 18.5 Å². The molecule has 1 unspecified atom stereocenters. The quantitative estimate of drug-likeness (QED) is 0.839. The van der Waals surface area contributed by atoms with Crippen molar-refractivity contribution in [2.24, 2.45) is 0 Å². The summed E-state index contributed by atoms with van der Waals surface area (Å²) in [5.41, 5.74) is 0.503. The number of hydrogen-bond acceptors (Lipinski definition) is 3. The highest BCUT2D eigenvalue weighted by Gasteiger charge is 2.38. The van der Waals surface area contributed by atoms with Crippen LogP contribution in [0.4, 0.5) is 0 Å². The maximum Gasteiger partial charge on any atom is 0.0320 e. The van der Waals surface area contributed by atoms with Crippen molar-refractivity contribution in [3.8, 4) is 0 Å². The fourth-order valence-electron chi connectivity index (χ4n) is 4.23. The number of likely N-dealkylation sites (tertiary alicyclic amines) is 2. The van der Waals surface area contributed by atoms with Gasteiger partial charge in [0, 0.05) is 18.6 Å². The van der Waals surface area contributed by atoms with E-state index in [1.165, 1.54) is 97.2 Å². The maximum absolute atomic E-state index is 3.81. The highest BCUT2D eigenvalue weighted by Crippen LogP contribution is 2.29. The van der Waals surface area contributed by atoms with E-state index in [0.29, 0.717) is 5.54 Å². The van der Waals surface area contributed by atoms with Gasteiger partial charge in [-0.1, -0.05) is 12.8 Å². The second-order valence-electron chi connectivity index (χ2n) is 6.95. The molecule has 3 saturated heterocycles. The molecule has 3 nitrogen and oxygen atoms in total. The Morgan fingerprint density at radius 1 is 0.789 bits per heavy atom. The van der Waals surface area contributed by atoms with E-state index in [2.05, 4.69) is 15.1 Å². The van der Waals surface area contributed by atoms with Crippen LogP contribution >= 0.6 is 0 Å². The maximum atomic E-state index is 3.81. The molecule has 0 aliphatic carbocycles. The molecular formula is C16H31N3. The Morgan fingerprint density at radius 3 is 2.42 bits per heavy atom. The lowest BCUT2D eigenvalue weighted by Gasteiger charge is -2.35. The van der Waals surface area contributed by atoms with Gasteiger partial charge in [-0.3, -0.25) is 0 Å². The Kier molecular flexibility index (Phi) is 4.78. The van der Waals surface area contributed by atoms with Gasteiger partial charge in [-0.05, 0) is 71.2 Å². The zero-order valence-corrected chi connectivity index (χ0v) is 12.5. The van der Waals surface area contributed by atoms with Crippen LogP contribution in [0.25, 0.3) is 0 Å². The summed E-state index contributed by atoms with van der Waals surface area (Å²) in [5, 5.41) is 3.81.